The fraction of sp³-hybridized carbons (Fsp3) is 0.200. The van der Waals surface area contributed by atoms with Crippen LogP contribution in [-0.2, 0) is 6.42 Å². The van der Waals surface area contributed by atoms with E-state index < -0.39 is 0 Å². The van der Waals surface area contributed by atoms with Crippen LogP contribution in [0, 0.1) is 0 Å². The number of nitrogens with one attached hydrogen (secondary N) is 1. The third-order valence-electron chi connectivity index (χ3n) is 2.08. The lowest BCUT2D eigenvalue weighted by molar-refractivity contribution is 1.16. The highest BCUT2D eigenvalue weighted by Gasteiger charge is 1.97. The van der Waals surface area contributed by atoms with Crippen LogP contribution in [0.2, 0.25) is 0 Å². The summed E-state index contributed by atoms with van der Waals surface area (Å²) in [5.74, 6) is 0. The normalized spacial score (nSPS) is 10.6. The lowest BCUT2D eigenvalue weighted by Crippen LogP contribution is -1.78. The van der Waals surface area contributed by atoms with Gasteiger partial charge in [0.05, 0.1) is 0 Å². The molecule has 0 aliphatic carbocycles. The molecule has 0 amide bonds. The van der Waals surface area contributed by atoms with E-state index in [9.17, 15) is 0 Å². The summed E-state index contributed by atoms with van der Waals surface area (Å²) in [5.41, 5.74) is 1.42. The molecule has 2 rings (SSSR count). The van der Waals surface area contributed by atoms with E-state index in [-0.39, 0.29) is 0 Å². The molecule has 0 saturated carbocycles. The SMILES string of the molecule is CCc1cccc2c[nH]cc12. The molecule has 1 nitrogen and oxygen atoms in total. The summed E-state index contributed by atoms with van der Waals surface area (Å²) < 4.78 is 0. The van der Waals surface area contributed by atoms with E-state index in [1.165, 1.54) is 16.3 Å². The number of H-pyrrole nitrogens is 1. The summed E-state index contributed by atoms with van der Waals surface area (Å²) in [6.07, 6.45) is 5.21. The quantitative estimate of drug-likeness (QED) is 0.635. The number of benzene rings is 1. The number of hydrogen-bond donors (Lipinski definition) is 1. The second-order valence-electron chi connectivity index (χ2n) is 2.73. The highest BCUT2D eigenvalue weighted by atomic mass is 14.6. The monoisotopic (exact) mass is 145 g/mol. The average Bonchev–Trinajstić information content (AvgIpc) is 2.50. The van der Waals surface area contributed by atoms with Gasteiger partial charge in [0.25, 0.3) is 0 Å². The molecule has 1 heteroatoms. The van der Waals surface area contributed by atoms with Crippen molar-refractivity contribution in [3.63, 3.8) is 0 Å². The van der Waals surface area contributed by atoms with E-state index >= 15 is 0 Å². The molecule has 0 spiro atoms. The number of rotatable bonds is 1. The van der Waals surface area contributed by atoms with Crippen molar-refractivity contribution in [2.24, 2.45) is 0 Å². The average molecular weight is 145 g/mol. The van der Waals surface area contributed by atoms with E-state index in [0.29, 0.717) is 0 Å². The summed E-state index contributed by atoms with van der Waals surface area (Å²) in [6.45, 7) is 2.18. The zero-order chi connectivity index (χ0) is 7.68. The van der Waals surface area contributed by atoms with Crippen LogP contribution in [0.4, 0.5) is 0 Å². The Morgan fingerprint density at radius 2 is 2.18 bits per heavy atom. The van der Waals surface area contributed by atoms with Crippen molar-refractivity contribution in [2.75, 3.05) is 0 Å². The van der Waals surface area contributed by atoms with Gasteiger partial charge < -0.3 is 4.98 Å². The molecule has 2 aromatic rings. The van der Waals surface area contributed by atoms with Crippen molar-refractivity contribution in [3.05, 3.63) is 36.2 Å². The van der Waals surface area contributed by atoms with E-state index in [2.05, 4.69) is 36.3 Å². The Hall–Kier alpha value is -1.24. The van der Waals surface area contributed by atoms with Gasteiger partial charge in [0.15, 0.2) is 0 Å². The second-order valence-corrected chi connectivity index (χ2v) is 2.73. The molecule has 0 radical (unpaired) electrons. The van der Waals surface area contributed by atoms with Gasteiger partial charge in [-0.15, -0.1) is 0 Å². The van der Waals surface area contributed by atoms with Crippen molar-refractivity contribution in [1.82, 2.24) is 4.98 Å². The van der Waals surface area contributed by atoms with Gasteiger partial charge in [-0.2, -0.15) is 0 Å². The molecule has 1 heterocycles. The van der Waals surface area contributed by atoms with Crippen LogP contribution in [0.3, 0.4) is 0 Å². The van der Waals surface area contributed by atoms with Gasteiger partial charge in [-0.05, 0) is 17.4 Å². The van der Waals surface area contributed by atoms with E-state index in [4.69, 9.17) is 0 Å². The van der Waals surface area contributed by atoms with Crippen LogP contribution < -0.4 is 0 Å². The van der Waals surface area contributed by atoms with Crippen molar-refractivity contribution >= 4 is 10.8 Å². The Kier molecular flexibility index (Phi) is 1.42. The third kappa shape index (κ3) is 0.929. The van der Waals surface area contributed by atoms with Crippen LogP contribution in [0.1, 0.15) is 12.5 Å². The highest BCUT2D eigenvalue weighted by molar-refractivity contribution is 5.85. The Morgan fingerprint density at radius 1 is 1.27 bits per heavy atom. The smallest absolute Gasteiger partial charge is 0.00871 e. The summed E-state index contributed by atoms with van der Waals surface area (Å²) in [5, 5.41) is 2.67. The zero-order valence-corrected chi connectivity index (χ0v) is 6.59. The van der Waals surface area contributed by atoms with Crippen LogP contribution in [0.15, 0.2) is 30.6 Å². The van der Waals surface area contributed by atoms with Crippen molar-refractivity contribution in [3.8, 4) is 0 Å². The van der Waals surface area contributed by atoms with E-state index in [1.54, 1.807) is 0 Å². The molecule has 11 heavy (non-hydrogen) atoms. The molecule has 0 aliphatic rings. The summed E-state index contributed by atoms with van der Waals surface area (Å²) in [4.78, 5) is 3.11. The predicted octanol–water partition coefficient (Wildman–Crippen LogP) is 2.73. The van der Waals surface area contributed by atoms with Gasteiger partial charge in [0, 0.05) is 17.8 Å². The standard InChI is InChI=1S/C10H11N/c1-2-8-4-3-5-9-6-11-7-10(8)9/h3-7,11H,2H2,1H3. The number of aromatic amines is 1. The minimum atomic E-state index is 1.11. The van der Waals surface area contributed by atoms with Gasteiger partial charge >= 0.3 is 0 Å². The molecular formula is C10H11N. The van der Waals surface area contributed by atoms with Gasteiger partial charge in [-0.1, -0.05) is 25.1 Å². The number of fused-ring (bicyclic) bond motifs is 1. The number of hydrogen-bond acceptors (Lipinski definition) is 0. The van der Waals surface area contributed by atoms with E-state index in [0.717, 1.165) is 6.42 Å². The molecule has 0 bridgehead atoms. The van der Waals surface area contributed by atoms with Crippen molar-refractivity contribution in [1.29, 1.82) is 0 Å². The highest BCUT2D eigenvalue weighted by Crippen LogP contribution is 2.17. The lowest BCUT2D eigenvalue weighted by atomic mass is 10.1. The largest absolute Gasteiger partial charge is 0.366 e. The topological polar surface area (TPSA) is 15.8 Å². The van der Waals surface area contributed by atoms with Crippen molar-refractivity contribution < 1.29 is 0 Å². The third-order valence-corrected chi connectivity index (χ3v) is 2.08. The Morgan fingerprint density at radius 3 is 3.00 bits per heavy atom. The molecule has 1 N–H and O–H groups in total. The molecule has 0 atom stereocenters. The maximum atomic E-state index is 3.11. The first-order valence-corrected chi connectivity index (χ1v) is 3.96. The minimum Gasteiger partial charge on any atom is -0.366 e. The molecule has 1 aromatic heterocycles. The number of aromatic nitrogens is 1. The molecule has 0 fully saturated rings. The lowest BCUT2D eigenvalue weighted by Gasteiger charge is -1.96. The number of aryl methyl sites for hydroxylation is 1. The van der Waals surface area contributed by atoms with Crippen LogP contribution in [0.25, 0.3) is 10.8 Å². The Labute approximate surface area is 66.1 Å². The van der Waals surface area contributed by atoms with Crippen LogP contribution >= 0.6 is 0 Å². The fourth-order valence-electron chi connectivity index (χ4n) is 1.46. The molecular weight excluding hydrogens is 134 g/mol. The van der Waals surface area contributed by atoms with Crippen LogP contribution in [-0.4, -0.2) is 4.98 Å². The maximum absolute atomic E-state index is 3.11. The first-order valence-electron chi connectivity index (χ1n) is 3.96. The molecule has 56 valence electrons. The Bertz CT molecular complexity index is 360. The van der Waals surface area contributed by atoms with E-state index in [1.807, 2.05) is 6.20 Å². The second kappa shape index (κ2) is 2.42. The van der Waals surface area contributed by atoms with Gasteiger partial charge in [-0.25, -0.2) is 0 Å². The maximum Gasteiger partial charge on any atom is 0.00871 e. The fourth-order valence-corrected chi connectivity index (χ4v) is 1.46. The minimum absolute atomic E-state index is 1.11. The summed E-state index contributed by atoms with van der Waals surface area (Å²) >= 11 is 0. The summed E-state index contributed by atoms with van der Waals surface area (Å²) in [7, 11) is 0. The molecule has 0 unspecified atom stereocenters. The Balaban J connectivity index is 2.79. The molecule has 0 saturated heterocycles. The van der Waals surface area contributed by atoms with Gasteiger partial charge in [0.1, 0.15) is 0 Å². The van der Waals surface area contributed by atoms with Crippen molar-refractivity contribution in [2.45, 2.75) is 13.3 Å². The molecule has 0 aliphatic heterocycles. The predicted molar refractivity (Wildman–Crippen MR) is 47.7 cm³/mol. The molecule has 1 aromatic carbocycles. The first kappa shape index (κ1) is 6.47. The van der Waals surface area contributed by atoms with Gasteiger partial charge in [-0.3, -0.25) is 0 Å². The zero-order valence-electron chi connectivity index (χ0n) is 6.59. The van der Waals surface area contributed by atoms with Crippen LogP contribution in [0.5, 0.6) is 0 Å². The first-order chi connectivity index (χ1) is 5.42. The van der Waals surface area contributed by atoms with Gasteiger partial charge in [0.2, 0.25) is 0 Å². The summed E-state index contributed by atoms with van der Waals surface area (Å²) in [6, 6.07) is 6.41.